The summed E-state index contributed by atoms with van der Waals surface area (Å²) in [7, 11) is 0. The number of ether oxygens (including phenoxy) is 4. The van der Waals surface area contributed by atoms with Crippen molar-refractivity contribution < 1.29 is 42.5 Å². The molecule has 9 nitrogen and oxygen atoms in total. The Hall–Kier alpha value is -3.79. The Balaban J connectivity index is 2.14. The highest BCUT2D eigenvalue weighted by Gasteiger charge is 2.79. The number of hydrogen-bond donors (Lipinski definition) is 1. The number of esters is 4. The van der Waals surface area contributed by atoms with Crippen LogP contribution in [0.4, 0.5) is 4.39 Å². The third kappa shape index (κ3) is 3.55. The van der Waals surface area contributed by atoms with Gasteiger partial charge in [-0.1, -0.05) is 30.3 Å². The second kappa shape index (κ2) is 9.69. The quantitative estimate of drug-likeness (QED) is 0.265. The van der Waals surface area contributed by atoms with E-state index in [1.807, 2.05) is 0 Å². The molecule has 0 bridgehead atoms. The van der Waals surface area contributed by atoms with Gasteiger partial charge in [0.25, 0.3) is 0 Å². The number of halogens is 1. The van der Waals surface area contributed by atoms with Crippen molar-refractivity contribution in [2.24, 2.45) is 5.41 Å². The molecule has 2 aliphatic rings. The van der Waals surface area contributed by atoms with Crippen molar-refractivity contribution in [3.8, 4) is 5.75 Å². The van der Waals surface area contributed by atoms with Crippen molar-refractivity contribution in [3.05, 3.63) is 65.5 Å². The minimum atomic E-state index is -2.40. The fourth-order valence-corrected chi connectivity index (χ4v) is 5.16. The van der Waals surface area contributed by atoms with Gasteiger partial charge in [0.2, 0.25) is 5.54 Å². The highest BCUT2D eigenvalue weighted by atomic mass is 19.1. The number of carbonyl (C=O) groups excluding carboxylic acids is 4. The molecular formula is C26H26FNO8. The summed E-state index contributed by atoms with van der Waals surface area (Å²) in [5, 5.41) is 2.93. The molecule has 0 aromatic heterocycles. The second-order valence-electron chi connectivity index (χ2n) is 8.33. The summed E-state index contributed by atoms with van der Waals surface area (Å²) in [5.74, 6) is -6.68. The molecule has 2 aliphatic heterocycles. The van der Waals surface area contributed by atoms with E-state index in [-0.39, 0.29) is 31.1 Å². The molecule has 2 aromatic carbocycles. The Morgan fingerprint density at radius 3 is 2.08 bits per heavy atom. The van der Waals surface area contributed by atoms with Crippen molar-refractivity contribution in [1.82, 2.24) is 5.32 Å². The maximum absolute atomic E-state index is 14.6. The first kappa shape index (κ1) is 25.3. The third-order valence-corrected chi connectivity index (χ3v) is 6.48. The van der Waals surface area contributed by atoms with Crippen molar-refractivity contribution >= 4 is 23.9 Å². The van der Waals surface area contributed by atoms with Crippen molar-refractivity contribution in [1.29, 1.82) is 0 Å². The highest BCUT2D eigenvalue weighted by molar-refractivity contribution is 6.14. The average molecular weight is 499 g/mol. The standard InChI is InChI=1S/C26H26FNO8/c1-4-33-21(29)25-19(17-14-16(27)12-13-18(17)36-22(25)30)26(23(31)34-5-2,24(32)35-6-3)28-20(25)15-10-8-7-9-11-15/h7-14,19-20,28H,4-6H2,1-3H3. The Morgan fingerprint density at radius 2 is 1.50 bits per heavy atom. The first-order valence-electron chi connectivity index (χ1n) is 11.6. The summed E-state index contributed by atoms with van der Waals surface area (Å²) >= 11 is 0. The molecular weight excluding hydrogens is 473 g/mol. The van der Waals surface area contributed by atoms with Crippen LogP contribution in [-0.4, -0.2) is 49.2 Å². The minimum absolute atomic E-state index is 0.0466. The lowest BCUT2D eigenvalue weighted by molar-refractivity contribution is -0.174. The molecule has 3 atom stereocenters. The van der Waals surface area contributed by atoms with Crippen molar-refractivity contribution in [2.45, 2.75) is 38.3 Å². The largest absolute Gasteiger partial charge is 0.465 e. The number of nitrogens with one attached hydrogen (secondary N) is 1. The van der Waals surface area contributed by atoms with Crippen LogP contribution in [0.25, 0.3) is 0 Å². The van der Waals surface area contributed by atoms with Crippen LogP contribution in [-0.2, 0) is 33.4 Å². The molecule has 2 aromatic rings. The SMILES string of the molecule is CCOC(=O)C1(C(=O)OCC)NC(c2ccccc2)C2(C(=O)OCC)C(=O)Oc3ccc(F)cc3C12. The first-order chi connectivity index (χ1) is 17.3. The molecule has 0 aliphatic carbocycles. The van der Waals surface area contributed by atoms with E-state index in [2.05, 4.69) is 5.32 Å². The average Bonchev–Trinajstić information content (AvgIpc) is 3.21. The van der Waals surface area contributed by atoms with E-state index in [0.717, 1.165) is 12.1 Å². The maximum atomic E-state index is 14.6. The van der Waals surface area contributed by atoms with Gasteiger partial charge in [-0.2, -0.15) is 0 Å². The molecule has 0 spiro atoms. The molecule has 0 saturated carbocycles. The fourth-order valence-electron chi connectivity index (χ4n) is 5.16. The number of fused-ring (bicyclic) bond motifs is 3. The normalized spacial score (nSPS) is 23.6. The highest BCUT2D eigenvalue weighted by Crippen LogP contribution is 2.62. The Morgan fingerprint density at radius 1 is 0.917 bits per heavy atom. The lowest BCUT2D eigenvalue weighted by Crippen LogP contribution is -2.61. The molecule has 190 valence electrons. The first-order valence-corrected chi connectivity index (χ1v) is 11.6. The molecule has 10 heteroatoms. The van der Waals surface area contributed by atoms with Gasteiger partial charge in [0.15, 0.2) is 5.41 Å². The van der Waals surface area contributed by atoms with E-state index in [9.17, 15) is 23.6 Å². The summed E-state index contributed by atoms with van der Waals surface area (Å²) in [6, 6.07) is 10.3. The van der Waals surface area contributed by atoms with Crippen LogP contribution in [0.5, 0.6) is 5.75 Å². The van der Waals surface area contributed by atoms with Gasteiger partial charge in [-0.15, -0.1) is 0 Å². The van der Waals surface area contributed by atoms with Crippen LogP contribution in [0.15, 0.2) is 48.5 Å². The summed E-state index contributed by atoms with van der Waals surface area (Å²) in [4.78, 5) is 54.9. The maximum Gasteiger partial charge on any atom is 0.338 e. The summed E-state index contributed by atoms with van der Waals surface area (Å²) in [6.45, 7) is 4.30. The molecule has 1 saturated heterocycles. The number of carbonyl (C=O) groups is 4. The predicted molar refractivity (Wildman–Crippen MR) is 122 cm³/mol. The van der Waals surface area contributed by atoms with Gasteiger partial charge in [0, 0.05) is 5.56 Å². The Kier molecular flexibility index (Phi) is 6.81. The van der Waals surface area contributed by atoms with Gasteiger partial charge in [-0.25, -0.2) is 14.0 Å². The number of benzene rings is 2. The van der Waals surface area contributed by atoms with E-state index in [1.54, 1.807) is 51.1 Å². The molecule has 4 rings (SSSR count). The zero-order valence-corrected chi connectivity index (χ0v) is 20.0. The zero-order chi connectivity index (χ0) is 26.1. The van der Waals surface area contributed by atoms with Crippen molar-refractivity contribution in [2.75, 3.05) is 19.8 Å². The van der Waals surface area contributed by atoms with E-state index >= 15 is 0 Å². The molecule has 0 radical (unpaired) electrons. The Labute approximate surface area is 206 Å². The summed E-state index contributed by atoms with van der Waals surface area (Å²) in [6.07, 6.45) is 0. The third-order valence-electron chi connectivity index (χ3n) is 6.48. The molecule has 1 fully saturated rings. The monoisotopic (exact) mass is 499 g/mol. The van der Waals surface area contributed by atoms with Crippen LogP contribution in [0.3, 0.4) is 0 Å². The van der Waals surface area contributed by atoms with E-state index in [4.69, 9.17) is 18.9 Å². The predicted octanol–water partition coefficient (Wildman–Crippen LogP) is 2.59. The molecule has 36 heavy (non-hydrogen) atoms. The topological polar surface area (TPSA) is 117 Å². The lowest BCUT2D eigenvalue weighted by Gasteiger charge is -2.41. The van der Waals surface area contributed by atoms with Gasteiger partial charge in [0.05, 0.1) is 31.8 Å². The smallest absolute Gasteiger partial charge is 0.338 e. The van der Waals surface area contributed by atoms with Crippen LogP contribution in [0.2, 0.25) is 0 Å². The van der Waals surface area contributed by atoms with Crippen LogP contribution in [0.1, 0.15) is 43.9 Å². The molecule has 0 amide bonds. The zero-order valence-electron chi connectivity index (χ0n) is 20.0. The van der Waals surface area contributed by atoms with Gasteiger partial charge < -0.3 is 18.9 Å². The second-order valence-corrected chi connectivity index (χ2v) is 8.33. The number of hydrogen-bond acceptors (Lipinski definition) is 9. The van der Waals surface area contributed by atoms with Crippen LogP contribution < -0.4 is 10.1 Å². The molecule has 2 heterocycles. The molecule has 1 N–H and O–H groups in total. The number of rotatable bonds is 7. The van der Waals surface area contributed by atoms with Gasteiger partial charge in [0.1, 0.15) is 11.6 Å². The van der Waals surface area contributed by atoms with Crippen molar-refractivity contribution in [3.63, 3.8) is 0 Å². The van der Waals surface area contributed by atoms with Gasteiger partial charge in [-0.05, 0) is 44.5 Å². The summed E-state index contributed by atoms with van der Waals surface area (Å²) in [5.41, 5.74) is -4.35. The van der Waals surface area contributed by atoms with E-state index in [0.29, 0.717) is 5.56 Å². The minimum Gasteiger partial charge on any atom is -0.465 e. The lowest BCUT2D eigenvalue weighted by atomic mass is 9.61. The van der Waals surface area contributed by atoms with Gasteiger partial charge in [-0.3, -0.25) is 14.9 Å². The van der Waals surface area contributed by atoms with E-state index < -0.39 is 52.6 Å². The molecule has 3 unspecified atom stereocenters. The van der Waals surface area contributed by atoms with Crippen LogP contribution in [0, 0.1) is 11.2 Å². The summed E-state index contributed by atoms with van der Waals surface area (Å²) < 4.78 is 36.1. The van der Waals surface area contributed by atoms with Crippen LogP contribution >= 0.6 is 0 Å². The van der Waals surface area contributed by atoms with E-state index in [1.165, 1.54) is 6.07 Å². The Bertz CT molecular complexity index is 1180. The van der Waals surface area contributed by atoms with Gasteiger partial charge >= 0.3 is 23.9 Å². The fraction of sp³-hybridized carbons (Fsp3) is 0.385.